The fourth-order valence-electron chi connectivity index (χ4n) is 1.96. The van der Waals surface area contributed by atoms with Gasteiger partial charge in [0, 0.05) is 11.1 Å². The second kappa shape index (κ2) is 6.10. The van der Waals surface area contributed by atoms with Crippen LogP contribution in [0.5, 0.6) is 5.75 Å². The molecule has 116 valence electrons. The van der Waals surface area contributed by atoms with Gasteiger partial charge in [-0.1, -0.05) is 28.9 Å². The maximum atomic E-state index is 13.7. The lowest BCUT2D eigenvalue weighted by Crippen LogP contribution is -2.12. The number of halogens is 2. The molecule has 0 saturated carbocycles. The van der Waals surface area contributed by atoms with Gasteiger partial charge in [0.1, 0.15) is 11.6 Å². The molecule has 2 aromatic carbocycles. The van der Waals surface area contributed by atoms with E-state index in [0.29, 0.717) is 5.02 Å². The molecule has 2 N–H and O–H groups in total. The zero-order valence-corrected chi connectivity index (χ0v) is 12.3. The van der Waals surface area contributed by atoms with Crippen LogP contribution in [-0.2, 0) is 0 Å². The summed E-state index contributed by atoms with van der Waals surface area (Å²) >= 11 is 5.81. The van der Waals surface area contributed by atoms with E-state index in [0.717, 1.165) is 0 Å². The van der Waals surface area contributed by atoms with E-state index in [1.54, 1.807) is 12.1 Å². The van der Waals surface area contributed by atoms with E-state index in [1.165, 1.54) is 36.4 Å². The van der Waals surface area contributed by atoms with Crippen molar-refractivity contribution in [2.24, 2.45) is 0 Å². The van der Waals surface area contributed by atoms with Crippen LogP contribution in [0.25, 0.3) is 11.3 Å². The van der Waals surface area contributed by atoms with Crippen LogP contribution in [-0.4, -0.2) is 16.2 Å². The third kappa shape index (κ3) is 3.17. The van der Waals surface area contributed by atoms with E-state index < -0.39 is 11.7 Å². The molecule has 0 spiro atoms. The van der Waals surface area contributed by atoms with Gasteiger partial charge >= 0.3 is 0 Å². The van der Waals surface area contributed by atoms with Crippen LogP contribution in [0, 0.1) is 5.82 Å². The first kappa shape index (κ1) is 15.1. The van der Waals surface area contributed by atoms with Crippen LogP contribution >= 0.6 is 11.6 Å². The topological polar surface area (TPSA) is 75.4 Å². The van der Waals surface area contributed by atoms with Crippen LogP contribution in [0.1, 0.15) is 10.5 Å². The van der Waals surface area contributed by atoms with Crippen molar-refractivity contribution in [2.45, 2.75) is 0 Å². The van der Waals surface area contributed by atoms with E-state index in [9.17, 15) is 14.3 Å². The van der Waals surface area contributed by atoms with Crippen molar-refractivity contribution in [3.63, 3.8) is 0 Å². The number of nitrogens with zero attached hydrogens (tertiary/aromatic N) is 1. The summed E-state index contributed by atoms with van der Waals surface area (Å²) in [5.74, 6) is -1.11. The molecule has 23 heavy (non-hydrogen) atoms. The Kier molecular flexibility index (Phi) is 3.99. The normalized spacial score (nSPS) is 10.5. The quantitative estimate of drug-likeness (QED) is 0.708. The molecular weight excluding hydrogens is 323 g/mol. The van der Waals surface area contributed by atoms with Gasteiger partial charge in [0.15, 0.2) is 11.5 Å². The Labute approximate surface area is 135 Å². The van der Waals surface area contributed by atoms with Gasteiger partial charge in [-0.15, -0.1) is 0 Å². The lowest BCUT2D eigenvalue weighted by Gasteiger charge is -2.05. The standard InChI is InChI=1S/C16H10ClFN2O3/c17-9-5-6-14(21)12(7-9)19-16(22)13-8-15(23-20-13)10-3-1-2-4-11(10)18/h1-8,21H,(H,19,22). The van der Waals surface area contributed by atoms with Gasteiger partial charge in [0.2, 0.25) is 0 Å². The monoisotopic (exact) mass is 332 g/mol. The molecule has 0 fully saturated rings. The van der Waals surface area contributed by atoms with Gasteiger partial charge in [0.05, 0.1) is 11.3 Å². The van der Waals surface area contributed by atoms with Gasteiger partial charge in [-0.3, -0.25) is 4.79 Å². The Morgan fingerprint density at radius 3 is 2.78 bits per heavy atom. The van der Waals surface area contributed by atoms with Crippen LogP contribution in [0.2, 0.25) is 5.02 Å². The summed E-state index contributed by atoms with van der Waals surface area (Å²) in [5, 5.41) is 16.1. The van der Waals surface area contributed by atoms with Gasteiger partial charge in [-0.2, -0.15) is 0 Å². The smallest absolute Gasteiger partial charge is 0.277 e. The Morgan fingerprint density at radius 2 is 2.00 bits per heavy atom. The molecule has 5 nitrogen and oxygen atoms in total. The number of phenolic OH excluding ortho intramolecular Hbond substituents is 1. The van der Waals surface area contributed by atoms with Crippen LogP contribution in [0.4, 0.5) is 10.1 Å². The number of hydrogen-bond donors (Lipinski definition) is 2. The lowest BCUT2D eigenvalue weighted by molar-refractivity contribution is 0.101. The number of phenols is 1. The number of benzene rings is 2. The molecule has 1 aromatic heterocycles. The number of amides is 1. The minimum atomic E-state index is -0.617. The van der Waals surface area contributed by atoms with Crippen molar-refractivity contribution in [1.29, 1.82) is 0 Å². The summed E-state index contributed by atoms with van der Waals surface area (Å²) in [6, 6.07) is 11.5. The number of carbonyl (C=O) groups excluding carboxylic acids is 1. The van der Waals surface area contributed by atoms with Gasteiger partial charge in [0.25, 0.3) is 5.91 Å². The predicted octanol–water partition coefficient (Wildman–Crippen LogP) is 4.09. The Bertz CT molecular complexity index is 879. The Hall–Kier alpha value is -2.86. The number of carbonyl (C=O) groups is 1. The molecule has 0 radical (unpaired) electrons. The first-order chi connectivity index (χ1) is 11.0. The van der Waals surface area contributed by atoms with Crippen molar-refractivity contribution in [2.75, 3.05) is 5.32 Å². The highest BCUT2D eigenvalue weighted by Gasteiger charge is 2.17. The molecule has 0 atom stereocenters. The number of rotatable bonds is 3. The highest BCUT2D eigenvalue weighted by atomic mass is 35.5. The summed E-state index contributed by atoms with van der Waals surface area (Å²) in [5.41, 5.74) is 0.283. The highest BCUT2D eigenvalue weighted by Crippen LogP contribution is 2.28. The Morgan fingerprint density at radius 1 is 1.22 bits per heavy atom. The first-order valence-electron chi connectivity index (χ1n) is 6.56. The van der Waals surface area contributed by atoms with E-state index in [-0.39, 0.29) is 28.5 Å². The van der Waals surface area contributed by atoms with Crippen molar-refractivity contribution >= 4 is 23.2 Å². The number of aromatic hydroxyl groups is 1. The molecule has 0 bridgehead atoms. The molecule has 3 rings (SSSR count). The van der Waals surface area contributed by atoms with Crippen molar-refractivity contribution in [3.8, 4) is 17.1 Å². The number of anilines is 1. The fraction of sp³-hybridized carbons (Fsp3) is 0. The largest absolute Gasteiger partial charge is 0.506 e. The van der Waals surface area contributed by atoms with Gasteiger partial charge in [-0.05, 0) is 30.3 Å². The lowest BCUT2D eigenvalue weighted by atomic mass is 10.1. The average molecular weight is 333 g/mol. The maximum Gasteiger partial charge on any atom is 0.277 e. The van der Waals surface area contributed by atoms with E-state index in [1.807, 2.05) is 0 Å². The van der Waals surface area contributed by atoms with Crippen molar-refractivity contribution in [1.82, 2.24) is 5.16 Å². The SMILES string of the molecule is O=C(Nc1cc(Cl)ccc1O)c1cc(-c2ccccc2F)on1. The van der Waals surface area contributed by atoms with Crippen LogP contribution in [0.3, 0.4) is 0 Å². The number of nitrogens with one attached hydrogen (secondary N) is 1. The highest BCUT2D eigenvalue weighted by molar-refractivity contribution is 6.31. The van der Waals surface area contributed by atoms with Gasteiger partial charge < -0.3 is 14.9 Å². The average Bonchev–Trinajstić information content (AvgIpc) is 3.01. The summed E-state index contributed by atoms with van der Waals surface area (Å²) in [6.45, 7) is 0. The molecule has 7 heteroatoms. The zero-order valence-electron chi connectivity index (χ0n) is 11.6. The number of hydrogen-bond acceptors (Lipinski definition) is 4. The van der Waals surface area contributed by atoms with Crippen molar-refractivity contribution < 1.29 is 18.8 Å². The summed E-state index contributed by atoms with van der Waals surface area (Å²) in [6.07, 6.45) is 0. The minimum absolute atomic E-state index is 0.0531. The molecule has 0 saturated heterocycles. The third-order valence-electron chi connectivity index (χ3n) is 3.09. The van der Waals surface area contributed by atoms with Crippen molar-refractivity contribution in [3.05, 3.63) is 65.1 Å². The molecule has 0 aliphatic carbocycles. The van der Waals surface area contributed by atoms with E-state index in [4.69, 9.17) is 16.1 Å². The van der Waals surface area contributed by atoms with E-state index in [2.05, 4.69) is 10.5 Å². The second-order valence-corrected chi connectivity index (χ2v) is 5.11. The molecular formula is C16H10ClFN2O3. The first-order valence-corrected chi connectivity index (χ1v) is 6.94. The fourth-order valence-corrected chi connectivity index (χ4v) is 2.14. The molecule has 1 amide bonds. The molecule has 0 aliphatic heterocycles. The Balaban J connectivity index is 1.84. The molecule has 0 aliphatic rings. The van der Waals surface area contributed by atoms with Crippen LogP contribution < -0.4 is 5.32 Å². The second-order valence-electron chi connectivity index (χ2n) is 4.67. The van der Waals surface area contributed by atoms with Crippen LogP contribution in [0.15, 0.2) is 53.1 Å². The summed E-state index contributed by atoms with van der Waals surface area (Å²) < 4.78 is 18.7. The molecule has 3 aromatic rings. The van der Waals surface area contributed by atoms with E-state index >= 15 is 0 Å². The summed E-state index contributed by atoms with van der Waals surface area (Å²) in [4.78, 5) is 12.1. The molecule has 1 heterocycles. The predicted molar refractivity (Wildman–Crippen MR) is 83.0 cm³/mol. The summed E-state index contributed by atoms with van der Waals surface area (Å²) in [7, 11) is 0. The number of aromatic nitrogens is 1. The zero-order chi connectivity index (χ0) is 16.4. The van der Waals surface area contributed by atoms with Gasteiger partial charge in [-0.25, -0.2) is 4.39 Å². The maximum absolute atomic E-state index is 13.7. The minimum Gasteiger partial charge on any atom is -0.506 e. The third-order valence-corrected chi connectivity index (χ3v) is 3.32. The molecule has 0 unspecified atom stereocenters.